The molecule has 2 rings (SSSR count). The van der Waals surface area contributed by atoms with E-state index in [0.717, 1.165) is 24.8 Å². The van der Waals surface area contributed by atoms with Gasteiger partial charge >= 0.3 is 0 Å². The third-order valence-corrected chi connectivity index (χ3v) is 3.31. The van der Waals surface area contributed by atoms with Crippen molar-refractivity contribution in [3.8, 4) is 0 Å². The van der Waals surface area contributed by atoms with Gasteiger partial charge in [-0.05, 0) is 38.4 Å². The first-order valence-corrected chi connectivity index (χ1v) is 6.22. The first kappa shape index (κ1) is 11.7. The predicted molar refractivity (Wildman–Crippen MR) is 65.1 cm³/mol. The fraction of sp³-hybridized carbons (Fsp3) is 0.692. The zero-order valence-electron chi connectivity index (χ0n) is 10.3. The Kier molecular flexibility index (Phi) is 4.02. The van der Waals surface area contributed by atoms with Gasteiger partial charge in [-0.25, -0.2) is 0 Å². The Labute approximate surface area is 97.8 Å². The normalized spacial score (nSPS) is 22.5. The molecule has 0 spiro atoms. The number of nitrogens with one attached hydrogen (secondary N) is 1. The quantitative estimate of drug-likeness (QED) is 0.847. The highest BCUT2D eigenvalue weighted by Gasteiger charge is 2.17. The summed E-state index contributed by atoms with van der Waals surface area (Å²) in [4.78, 5) is 2.54. The Morgan fingerprint density at radius 2 is 2.44 bits per heavy atom. The van der Waals surface area contributed by atoms with Gasteiger partial charge in [0.25, 0.3) is 0 Å². The Bertz CT molecular complexity index is 321. The molecule has 1 aromatic rings. The van der Waals surface area contributed by atoms with Crippen molar-refractivity contribution < 1.29 is 4.42 Å². The van der Waals surface area contributed by atoms with Gasteiger partial charge in [0.2, 0.25) is 0 Å². The van der Waals surface area contributed by atoms with Crippen molar-refractivity contribution in [1.82, 2.24) is 10.2 Å². The van der Waals surface area contributed by atoms with Crippen molar-refractivity contribution in [3.05, 3.63) is 23.7 Å². The van der Waals surface area contributed by atoms with Crippen LogP contribution in [0.3, 0.4) is 0 Å². The molecule has 1 unspecified atom stereocenters. The number of likely N-dealkylation sites (tertiary alicyclic amines) is 1. The SMILES string of the molecule is CNCc1occc1CN1CCCC(C)C1. The van der Waals surface area contributed by atoms with Crippen LogP contribution in [0.1, 0.15) is 31.1 Å². The van der Waals surface area contributed by atoms with Gasteiger partial charge in [0, 0.05) is 18.7 Å². The van der Waals surface area contributed by atoms with Gasteiger partial charge in [0.15, 0.2) is 0 Å². The van der Waals surface area contributed by atoms with Crippen LogP contribution in [0.5, 0.6) is 0 Å². The molecule has 1 fully saturated rings. The van der Waals surface area contributed by atoms with Crippen molar-refractivity contribution in [1.29, 1.82) is 0 Å². The summed E-state index contributed by atoms with van der Waals surface area (Å²) in [5.74, 6) is 1.93. The lowest BCUT2D eigenvalue weighted by Crippen LogP contribution is -2.33. The van der Waals surface area contributed by atoms with Crippen molar-refractivity contribution in [2.24, 2.45) is 5.92 Å². The van der Waals surface area contributed by atoms with E-state index in [1.807, 2.05) is 7.05 Å². The molecule has 1 aliphatic heterocycles. The smallest absolute Gasteiger partial charge is 0.122 e. The molecule has 0 amide bonds. The van der Waals surface area contributed by atoms with E-state index in [0.29, 0.717) is 0 Å². The van der Waals surface area contributed by atoms with E-state index in [2.05, 4.69) is 23.2 Å². The van der Waals surface area contributed by atoms with E-state index in [4.69, 9.17) is 4.42 Å². The maximum absolute atomic E-state index is 5.48. The van der Waals surface area contributed by atoms with E-state index in [1.54, 1.807) is 6.26 Å². The van der Waals surface area contributed by atoms with Gasteiger partial charge in [0.1, 0.15) is 5.76 Å². The molecule has 0 aliphatic carbocycles. The summed E-state index contributed by atoms with van der Waals surface area (Å²) in [6.45, 7) is 6.66. The minimum absolute atomic E-state index is 0.825. The van der Waals surface area contributed by atoms with Crippen LogP contribution >= 0.6 is 0 Å². The average Bonchev–Trinajstić information content (AvgIpc) is 2.66. The zero-order chi connectivity index (χ0) is 11.4. The number of hydrogen-bond acceptors (Lipinski definition) is 3. The standard InChI is InChI=1S/C13H22N2O/c1-11-4-3-6-15(9-11)10-12-5-7-16-13(12)8-14-2/h5,7,11,14H,3-4,6,8-10H2,1-2H3. The summed E-state index contributed by atoms with van der Waals surface area (Å²) in [6.07, 6.45) is 4.51. The maximum Gasteiger partial charge on any atom is 0.122 e. The van der Waals surface area contributed by atoms with Crippen molar-refractivity contribution in [2.75, 3.05) is 20.1 Å². The minimum Gasteiger partial charge on any atom is -0.468 e. The molecule has 1 saturated heterocycles. The minimum atomic E-state index is 0.825. The van der Waals surface area contributed by atoms with Crippen LogP contribution in [0.15, 0.2) is 16.7 Å². The van der Waals surface area contributed by atoms with Crippen LogP contribution in [0, 0.1) is 5.92 Å². The third-order valence-electron chi connectivity index (χ3n) is 3.31. The molecule has 1 atom stereocenters. The summed E-state index contributed by atoms with van der Waals surface area (Å²) >= 11 is 0. The molecule has 0 radical (unpaired) electrons. The molecule has 90 valence electrons. The second kappa shape index (κ2) is 5.51. The zero-order valence-corrected chi connectivity index (χ0v) is 10.3. The number of hydrogen-bond donors (Lipinski definition) is 1. The monoisotopic (exact) mass is 222 g/mol. The lowest BCUT2D eigenvalue weighted by Gasteiger charge is -2.30. The summed E-state index contributed by atoms with van der Waals surface area (Å²) in [5.41, 5.74) is 1.34. The fourth-order valence-corrected chi connectivity index (χ4v) is 2.49. The Hall–Kier alpha value is -0.800. The van der Waals surface area contributed by atoms with Gasteiger partial charge in [0.05, 0.1) is 12.8 Å². The number of nitrogens with zero attached hydrogens (tertiary/aromatic N) is 1. The fourth-order valence-electron chi connectivity index (χ4n) is 2.49. The molecule has 3 nitrogen and oxygen atoms in total. The number of rotatable bonds is 4. The number of piperidine rings is 1. The molecule has 2 heterocycles. The van der Waals surface area contributed by atoms with Crippen LogP contribution < -0.4 is 5.32 Å². The lowest BCUT2D eigenvalue weighted by molar-refractivity contribution is 0.175. The Morgan fingerprint density at radius 3 is 3.19 bits per heavy atom. The molecule has 0 aromatic carbocycles. The Morgan fingerprint density at radius 1 is 1.56 bits per heavy atom. The van der Waals surface area contributed by atoms with Crippen LogP contribution in [0.4, 0.5) is 0 Å². The molecule has 1 aromatic heterocycles. The van der Waals surface area contributed by atoms with Crippen molar-refractivity contribution in [3.63, 3.8) is 0 Å². The topological polar surface area (TPSA) is 28.4 Å². The summed E-state index contributed by atoms with van der Waals surface area (Å²) in [6, 6.07) is 2.10. The Balaban J connectivity index is 1.94. The van der Waals surface area contributed by atoms with E-state index < -0.39 is 0 Å². The molecule has 0 bridgehead atoms. The summed E-state index contributed by atoms with van der Waals surface area (Å²) < 4.78 is 5.48. The van der Waals surface area contributed by atoms with Gasteiger partial charge in [-0.15, -0.1) is 0 Å². The molecular formula is C13H22N2O. The van der Waals surface area contributed by atoms with Gasteiger partial charge < -0.3 is 9.73 Å². The van der Waals surface area contributed by atoms with Gasteiger partial charge in [-0.1, -0.05) is 6.92 Å². The van der Waals surface area contributed by atoms with Crippen LogP contribution in [-0.4, -0.2) is 25.0 Å². The van der Waals surface area contributed by atoms with Crippen molar-refractivity contribution >= 4 is 0 Å². The van der Waals surface area contributed by atoms with Gasteiger partial charge in [-0.2, -0.15) is 0 Å². The van der Waals surface area contributed by atoms with Crippen molar-refractivity contribution in [2.45, 2.75) is 32.9 Å². The van der Waals surface area contributed by atoms with Crippen LogP contribution in [0.2, 0.25) is 0 Å². The maximum atomic E-state index is 5.48. The molecular weight excluding hydrogens is 200 g/mol. The first-order chi connectivity index (χ1) is 7.79. The molecule has 1 aliphatic rings. The average molecular weight is 222 g/mol. The van der Waals surface area contributed by atoms with E-state index >= 15 is 0 Å². The molecule has 16 heavy (non-hydrogen) atoms. The van der Waals surface area contributed by atoms with Crippen LogP contribution in [-0.2, 0) is 13.1 Å². The lowest BCUT2D eigenvalue weighted by atomic mass is 10.00. The van der Waals surface area contributed by atoms with Crippen LogP contribution in [0.25, 0.3) is 0 Å². The van der Waals surface area contributed by atoms with Gasteiger partial charge in [-0.3, -0.25) is 4.90 Å². The predicted octanol–water partition coefficient (Wildman–Crippen LogP) is 2.23. The van der Waals surface area contributed by atoms with E-state index in [9.17, 15) is 0 Å². The van der Waals surface area contributed by atoms with E-state index in [-0.39, 0.29) is 0 Å². The highest BCUT2D eigenvalue weighted by atomic mass is 16.3. The molecule has 3 heteroatoms. The second-order valence-electron chi connectivity index (χ2n) is 4.88. The second-order valence-corrected chi connectivity index (χ2v) is 4.88. The first-order valence-electron chi connectivity index (χ1n) is 6.22. The molecule has 1 N–H and O–H groups in total. The third kappa shape index (κ3) is 2.86. The highest BCUT2D eigenvalue weighted by molar-refractivity contribution is 5.16. The largest absolute Gasteiger partial charge is 0.468 e. The highest BCUT2D eigenvalue weighted by Crippen LogP contribution is 2.19. The van der Waals surface area contributed by atoms with E-state index in [1.165, 1.54) is 31.5 Å². The summed E-state index contributed by atoms with van der Waals surface area (Å²) in [7, 11) is 1.95. The molecule has 0 saturated carbocycles. The summed E-state index contributed by atoms with van der Waals surface area (Å²) in [5, 5.41) is 3.14. The number of furan rings is 1.